The van der Waals surface area contributed by atoms with Gasteiger partial charge in [-0.25, -0.2) is 14.6 Å². The molecule has 0 spiro atoms. The van der Waals surface area contributed by atoms with Gasteiger partial charge in [-0.1, -0.05) is 0 Å². The minimum atomic E-state index is -0.697. The molecule has 2 heterocycles. The number of benzene rings is 1. The topological polar surface area (TPSA) is 100 Å². The Hall–Kier alpha value is -3.55. The average Bonchev–Trinajstić information content (AvgIpc) is 3.08. The van der Waals surface area contributed by atoms with Crippen LogP contribution in [0.3, 0.4) is 0 Å². The van der Waals surface area contributed by atoms with Crippen LogP contribution in [0, 0.1) is 5.82 Å². The van der Waals surface area contributed by atoms with E-state index in [0.29, 0.717) is 11.3 Å². The Morgan fingerprint density at radius 2 is 2.08 bits per heavy atom. The van der Waals surface area contributed by atoms with E-state index in [-0.39, 0.29) is 11.4 Å². The first-order valence-corrected chi connectivity index (χ1v) is 6.86. The molecule has 2 N–H and O–H groups in total. The highest BCUT2D eigenvalue weighted by Gasteiger charge is 2.10. The van der Waals surface area contributed by atoms with E-state index in [4.69, 9.17) is 4.42 Å². The molecule has 0 bridgehead atoms. The Bertz CT molecular complexity index is 931. The third-order valence-electron chi connectivity index (χ3n) is 3.03. The van der Waals surface area contributed by atoms with Gasteiger partial charge in [-0.2, -0.15) is 10.1 Å². The van der Waals surface area contributed by atoms with Gasteiger partial charge in [-0.3, -0.25) is 4.79 Å². The van der Waals surface area contributed by atoms with E-state index in [1.165, 1.54) is 42.8 Å². The van der Waals surface area contributed by atoms with Crippen LogP contribution in [0.4, 0.5) is 4.39 Å². The van der Waals surface area contributed by atoms with E-state index in [9.17, 15) is 14.0 Å². The van der Waals surface area contributed by atoms with E-state index in [1.54, 1.807) is 12.1 Å². The highest BCUT2D eigenvalue weighted by molar-refractivity contribution is 5.93. The van der Waals surface area contributed by atoms with Crippen molar-refractivity contribution in [3.8, 4) is 11.3 Å². The predicted octanol–water partition coefficient (Wildman–Crippen LogP) is 1.93. The second kappa shape index (κ2) is 6.69. The van der Waals surface area contributed by atoms with Crippen LogP contribution in [-0.4, -0.2) is 22.1 Å². The van der Waals surface area contributed by atoms with Crippen LogP contribution in [0.15, 0.2) is 63.0 Å². The van der Waals surface area contributed by atoms with Gasteiger partial charge in [0, 0.05) is 5.56 Å². The normalized spacial score (nSPS) is 10.9. The number of nitrogens with one attached hydrogen (secondary N) is 2. The van der Waals surface area contributed by atoms with Crippen molar-refractivity contribution in [3.05, 3.63) is 76.5 Å². The maximum atomic E-state index is 13.0. The number of hydrogen-bond donors (Lipinski definition) is 2. The molecule has 0 saturated carbocycles. The van der Waals surface area contributed by atoms with E-state index >= 15 is 0 Å². The fraction of sp³-hybridized carbons (Fsp3) is 0. The summed E-state index contributed by atoms with van der Waals surface area (Å²) in [5.74, 6) is -0.569. The van der Waals surface area contributed by atoms with E-state index in [0.717, 1.165) is 0 Å². The van der Waals surface area contributed by atoms with Crippen LogP contribution in [0.25, 0.3) is 11.3 Å². The minimum Gasteiger partial charge on any atom is -0.463 e. The molecular weight excluding hydrogens is 315 g/mol. The molecular formula is C16H11FN4O3. The Kier molecular flexibility index (Phi) is 4.28. The van der Waals surface area contributed by atoms with Crippen molar-refractivity contribution in [1.82, 2.24) is 15.4 Å². The number of H-pyrrole nitrogens is 1. The van der Waals surface area contributed by atoms with Crippen molar-refractivity contribution in [2.45, 2.75) is 0 Å². The van der Waals surface area contributed by atoms with Crippen LogP contribution in [-0.2, 0) is 0 Å². The monoisotopic (exact) mass is 326 g/mol. The average molecular weight is 326 g/mol. The predicted molar refractivity (Wildman–Crippen MR) is 84.0 cm³/mol. The third-order valence-corrected chi connectivity index (χ3v) is 3.03. The molecule has 3 aromatic rings. The first kappa shape index (κ1) is 15.3. The van der Waals surface area contributed by atoms with Crippen molar-refractivity contribution in [3.63, 3.8) is 0 Å². The molecule has 0 unspecified atom stereocenters. The van der Waals surface area contributed by atoms with Gasteiger partial charge < -0.3 is 9.40 Å². The number of aromatic amines is 1. The quantitative estimate of drug-likeness (QED) is 0.565. The summed E-state index contributed by atoms with van der Waals surface area (Å²) in [5, 5.41) is 3.72. The highest BCUT2D eigenvalue weighted by Crippen LogP contribution is 2.16. The SMILES string of the molecule is O=C(N/N=C/c1ccco1)c1cc(-c2ccc(F)cc2)nc(=O)[nH]1. The molecule has 0 fully saturated rings. The highest BCUT2D eigenvalue weighted by atomic mass is 19.1. The van der Waals surface area contributed by atoms with E-state index in [1.807, 2.05) is 0 Å². The number of rotatable bonds is 4. The van der Waals surface area contributed by atoms with Gasteiger partial charge in [0.2, 0.25) is 0 Å². The molecule has 0 aliphatic heterocycles. The number of nitrogens with zero attached hydrogens (tertiary/aromatic N) is 2. The minimum absolute atomic E-state index is 0.0223. The van der Waals surface area contributed by atoms with E-state index < -0.39 is 17.4 Å². The number of hydrogen-bond acceptors (Lipinski definition) is 5. The smallest absolute Gasteiger partial charge is 0.346 e. The molecule has 0 aliphatic carbocycles. The van der Waals surface area contributed by atoms with Gasteiger partial charge in [0.1, 0.15) is 17.3 Å². The molecule has 2 aromatic heterocycles. The van der Waals surface area contributed by atoms with Crippen LogP contribution in [0.2, 0.25) is 0 Å². The lowest BCUT2D eigenvalue weighted by atomic mass is 10.1. The van der Waals surface area contributed by atoms with E-state index in [2.05, 4.69) is 20.5 Å². The van der Waals surface area contributed by atoms with Crippen molar-refractivity contribution < 1.29 is 13.6 Å². The molecule has 0 aliphatic rings. The number of aromatic nitrogens is 2. The molecule has 0 radical (unpaired) electrons. The van der Waals surface area contributed by atoms with Gasteiger partial charge in [0.15, 0.2) is 0 Å². The standard InChI is InChI=1S/C16H11FN4O3/c17-11-5-3-10(4-6-11)13-8-14(20-16(23)19-13)15(22)21-18-9-12-2-1-7-24-12/h1-9H,(H,21,22)(H,19,20,23)/b18-9+. The summed E-state index contributed by atoms with van der Waals surface area (Å²) in [4.78, 5) is 29.8. The zero-order valence-corrected chi connectivity index (χ0v) is 12.2. The summed E-state index contributed by atoms with van der Waals surface area (Å²) in [6.07, 6.45) is 2.79. The number of hydrazone groups is 1. The first-order chi connectivity index (χ1) is 11.6. The molecule has 120 valence electrons. The lowest BCUT2D eigenvalue weighted by Crippen LogP contribution is -2.24. The zero-order chi connectivity index (χ0) is 16.9. The van der Waals surface area contributed by atoms with Gasteiger partial charge in [-0.05, 0) is 42.5 Å². The molecule has 8 heteroatoms. The summed E-state index contributed by atoms with van der Waals surface area (Å²) in [6, 6.07) is 10.1. The summed E-state index contributed by atoms with van der Waals surface area (Å²) < 4.78 is 18.0. The summed E-state index contributed by atoms with van der Waals surface area (Å²) >= 11 is 0. The fourth-order valence-corrected chi connectivity index (χ4v) is 1.93. The number of halogens is 1. The molecule has 0 saturated heterocycles. The zero-order valence-electron chi connectivity index (χ0n) is 12.2. The summed E-state index contributed by atoms with van der Waals surface area (Å²) in [6.45, 7) is 0. The number of carbonyl (C=O) groups is 1. The maximum Gasteiger partial charge on any atom is 0.346 e. The summed E-state index contributed by atoms with van der Waals surface area (Å²) in [5.41, 5.74) is 2.30. The van der Waals surface area contributed by atoms with Gasteiger partial charge in [-0.15, -0.1) is 0 Å². The van der Waals surface area contributed by atoms with Gasteiger partial charge >= 0.3 is 5.69 Å². The summed E-state index contributed by atoms with van der Waals surface area (Å²) in [7, 11) is 0. The number of furan rings is 1. The Balaban J connectivity index is 1.81. The Morgan fingerprint density at radius 1 is 1.29 bits per heavy atom. The molecule has 1 amide bonds. The fourth-order valence-electron chi connectivity index (χ4n) is 1.93. The van der Waals surface area contributed by atoms with Gasteiger partial charge in [0.05, 0.1) is 18.2 Å². The molecule has 24 heavy (non-hydrogen) atoms. The molecule has 7 nitrogen and oxygen atoms in total. The van der Waals surface area contributed by atoms with Gasteiger partial charge in [0.25, 0.3) is 5.91 Å². The largest absolute Gasteiger partial charge is 0.463 e. The second-order valence-corrected chi connectivity index (χ2v) is 4.71. The van der Waals surface area contributed by atoms with Crippen LogP contribution < -0.4 is 11.1 Å². The Morgan fingerprint density at radius 3 is 2.79 bits per heavy atom. The van der Waals surface area contributed by atoms with Crippen molar-refractivity contribution in [1.29, 1.82) is 0 Å². The number of carbonyl (C=O) groups excluding carboxylic acids is 1. The van der Waals surface area contributed by atoms with Crippen molar-refractivity contribution >= 4 is 12.1 Å². The van der Waals surface area contributed by atoms with Crippen LogP contribution >= 0.6 is 0 Å². The van der Waals surface area contributed by atoms with Crippen LogP contribution in [0.1, 0.15) is 16.2 Å². The first-order valence-electron chi connectivity index (χ1n) is 6.86. The maximum absolute atomic E-state index is 13.0. The molecule has 1 aromatic carbocycles. The third kappa shape index (κ3) is 3.61. The lowest BCUT2D eigenvalue weighted by Gasteiger charge is -2.03. The van der Waals surface area contributed by atoms with Crippen LogP contribution in [0.5, 0.6) is 0 Å². The molecule has 0 atom stereocenters. The molecule has 3 rings (SSSR count). The van der Waals surface area contributed by atoms with Crippen molar-refractivity contribution in [2.24, 2.45) is 5.10 Å². The number of amides is 1. The second-order valence-electron chi connectivity index (χ2n) is 4.71. The Labute approximate surface area is 134 Å². The lowest BCUT2D eigenvalue weighted by molar-refractivity contribution is 0.0949. The van der Waals surface area contributed by atoms with Crippen molar-refractivity contribution in [2.75, 3.05) is 0 Å².